The molecule has 0 aliphatic carbocycles. The minimum atomic E-state index is -3.74. The van der Waals surface area contributed by atoms with Crippen molar-refractivity contribution in [3.8, 4) is 11.5 Å². The van der Waals surface area contributed by atoms with Gasteiger partial charge < -0.3 is 14.4 Å². The van der Waals surface area contributed by atoms with Crippen LogP contribution in [0.4, 0.5) is 0 Å². The van der Waals surface area contributed by atoms with Crippen LogP contribution in [0.25, 0.3) is 0 Å². The monoisotopic (exact) mass is 537 g/mol. The van der Waals surface area contributed by atoms with Gasteiger partial charge in [-0.05, 0) is 49.7 Å². The van der Waals surface area contributed by atoms with E-state index in [1.807, 2.05) is 80.6 Å². The van der Waals surface area contributed by atoms with Gasteiger partial charge in [-0.3, -0.25) is 9.78 Å². The molecule has 38 heavy (non-hydrogen) atoms. The number of benzene rings is 2. The second-order valence-electron chi connectivity index (χ2n) is 10.3. The van der Waals surface area contributed by atoms with Crippen molar-refractivity contribution >= 4 is 15.9 Å². The van der Waals surface area contributed by atoms with Crippen molar-refractivity contribution in [2.75, 3.05) is 26.4 Å². The molecule has 8 nitrogen and oxygen atoms in total. The lowest BCUT2D eigenvalue weighted by Crippen LogP contribution is -2.47. The van der Waals surface area contributed by atoms with E-state index in [1.165, 1.54) is 4.31 Å². The largest absolute Gasteiger partial charge is 0.489 e. The Hall–Kier alpha value is -3.43. The average Bonchev–Trinajstić information content (AvgIpc) is 2.88. The summed E-state index contributed by atoms with van der Waals surface area (Å²) in [4.78, 5) is 19.1. The summed E-state index contributed by atoms with van der Waals surface area (Å²) in [6.45, 7) is 4.38. The van der Waals surface area contributed by atoms with E-state index in [2.05, 4.69) is 4.98 Å². The highest BCUT2D eigenvalue weighted by atomic mass is 32.2. The number of rotatable bonds is 10. The van der Waals surface area contributed by atoms with Gasteiger partial charge >= 0.3 is 0 Å². The number of carbonyl (C=O) groups is 1. The van der Waals surface area contributed by atoms with Crippen LogP contribution in [0.2, 0.25) is 0 Å². The summed E-state index contributed by atoms with van der Waals surface area (Å²) < 4.78 is 39.6. The summed E-state index contributed by atoms with van der Waals surface area (Å²) in [5.41, 5.74) is 1.96. The lowest BCUT2D eigenvalue weighted by Gasteiger charge is -2.41. The van der Waals surface area contributed by atoms with Crippen LogP contribution < -0.4 is 9.47 Å². The van der Waals surface area contributed by atoms with Crippen LogP contribution in [-0.2, 0) is 27.8 Å². The van der Waals surface area contributed by atoms with Crippen molar-refractivity contribution in [1.29, 1.82) is 0 Å². The molecular weight excluding hydrogens is 502 g/mol. The predicted molar refractivity (Wildman–Crippen MR) is 146 cm³/mol. The van der Waals surface area contributed by atoms with Gasteiger partial charge in [-0.2, -0.15) is 4.31 Å². The molecule has 0 bridgehead atoms. The zero-order valence-corrected chi connectivity index (χ0v) is 23.1. The zero-order valence-electron chi connectivity index (χ0n) is 22.3. The lowest BCUT2D eigenvalue weighted by molar-refractivity contribution is -0.130. The molecular formula is C29H35N3O5S. The summed E-state index contributed by atoms with van der Waals surface area (Å²) in [6.07, 6.45) is 3.83. The van der Waals surface area contributed by atoms with Crippen molar-refractivity contribution in [2.24, 2.45) is 0 Å². The van der Waals surface area contributed by atoms with Gasteiger partial charge in [0.05, 0.1) is 18.8 Å². The first kappa shape index (κ1) is 27.6. The second kappa shape index (κ2) is 11.5. The molecule has 0 N–H and O–H groups in total. The van der Waals surface area contributed by atoms with Crippen LogP contribution >= 0.6 is 0 Å². The first-order valence-electron chi connectivity index (χ1n) is 12.6. The standard InChI is InChI=1S/C29H35N3O5S/c1-29(2)19-26(25-18-24(13-14-27(25)37-29)36-21-22-10-6-5-7-11-22)32(38(4,34)35)20-28(33)31(3)17-15-23-12-8-9-16-30-23/h5-14,16,18,26H,15,17,19-21H2,1-4H3. The van der Waals surface area contributed by atoms with Crippen LogP contribution in [0.3, 0.4) is 0 Å². The number of hydrogen-bond donors (Lipinski definition) is 0. The number of sulfonamides is 1. The minimum absolute atomic E-state index is 0.271. The molecule has 0 radical (unpaired) electrons. The highest BCUT2D eigenvalue weighted by Crippen LogP contribution is 2.44. The Labute approximate surface area is 225 Å². The van der Waals surface area contributed by atoms with E-state index in [4.69, 9.17) is 9.47 Å². The van der Waals surface area contributed by atoms with Gasteiger partial charge in [-0.25, -0.2) is 8.42 Å². The van der Waals surface area contributed by atoms with E-state index in [0.717, 1.165) is 17.5 Å². The molecule has 1 aliphatic heterocycles. The number of aromatic nitrogens is 1. The molecule has 1 aromatic heterocycles. The van der Waals surface area contributed by atoms with Gasteiger partial charge in [0.25, 0.3) is 0 Å². The van der Waals surface area contributed by atoms with Crippen LogP contribution in [0.1, 0.15) is 43.1 Å². The third-order valence-electron chi connectivity index (χ3n) is 6.58. The molecule has 0 saturated carbocycles. The fourth-order valence-corrected chi connectivity index (χ4v) is 5.54. The first-order chi connectivity index (χ1) is 18.0. The van der Waals surface area contributed by atoms with Gasteiger partial charge in [0, 0.05) is 43.9 Å². The van der Waals surface area contributed by atoms with E-state index in [9.17, 15) is 13.2 Å². The molecule has 1 unspecified atom stereocenters. The molecule has 1 aliphatic rings. The summed E-state index contributed by atoms with van der Waals surface area (Å²) in [5, 5.41) is 0. The molecule has 4 rings (SSSR count). The summed E-state index contributed by atoms with van der Waals surface area (Å²) in [7, 11) is -2.06. The van der Waals surface area contributed by atoms with E-state index in [-0.39, 0.29) is 12.5 Å². The van der Waals surface area contributed by atoms with Gasteiger partial charge in [0.15, 0.2) is 0 Å². The number of amides is 1. The van der Waals surface area contributed by atoms with Gasteiger partial charge in [-0.1, -0.05) is 36.4 Å². The molecule has 2 heterocycles. The van der Waals surface area contributed by atoms with Gasteiger partial charge in [-0.15, -0.1) is 0 Å². The molecule has 202 valence electrons. The molecule has 3 aromatic rings. The molecule has 9 heteroatoms. The summed E-state index contributed by atoms with van der Waals surface area (Å²) >= 11 is 0. The van der Waals surface area contributed by atoms with E-state index < -0.39 is 21.7 Å². The molecule has 0 saturated heterocycles. The first-order valence-corrected chi connectivity index (χ1v) is 14.5. The van der Waals surface area contributed by atoms with E-state index in [1.54, 1.807) is 18.1 Å². The number of nitrogens with zero attached hydrogens (tertiary/aromatic N) is 3. The Kier molecular flexibility index (Phi) is 8.38. The average molecular weight is 538 g/mol. The Morgan fingerprint density at radius 3 is 2.53 bits per heavy atom. The minimum Gasteiger partial charge on any atom is -0.489 e. The zero-order chi connectivity index (χ0) is 27.3. The third-order valence-corrected chi connectivity index (χ3v) is 7.82. The third kappa shape index (κ3) is 7.11. The van der Waals surface area contributed by atoms with Crippen LogP contribution in [0.5, 0.6) is 11.5 Å². The predicted octanol–water partition coefficient (Wildman–Crippen LogP) is 4.23. The highest BCUT2D eigenvalue weighted by molar-refractivity contribution is 7.88. The maximum atomic E-state index is 13.2. The maximum absolute atomic E-state index is 13.2. The Morgan fingerprint density at radius 1 is 1.11 bits per heavy atom. The smallest absolute Gasteiger partial charge is 0.237 e. The lowest BCUT2D eigenvalue weighted by atomic mass is 9.89. The normalized spacial score (nSPS) is 16.4. The number of ether oxygens (including phenoxy) is 2. The number of likely N-dealkylation sites (N-methyl/N-ethyl adjacent to an activating group) is 1. The molecule has 0 fully saturated rings. The quantitative estimate of drug-likeness (QED) is 0.385. The number of pyridine rings is 1. The molecule has 2 aromatic carbocycles. The second-order valence-corrected chi connectivity index (χ2v) is 12.2. The van der Waals surface area contributed by atoms with Crippen LogP contribution in [0, 0.1) is 0 Å². The Balaban J connectivity index is 1.56. The number of hydrogen-bond acceptors (Lipinski definition) is 6. The number of carbonyl (C=O) groups excluding carboxylic acids is 1. The van der Waals surface area contributed by atoms with Crippen molar-refractivity contribution in [1.82, 2.24) is 14.2 Å². The molecule has 1 amide bonds. The Bertz CT molecular complexity index is 1350. The summed E-state index contributed by atoms with van der Waals surface area (Å²) in [5.74, 6) is 0.907. The van der Waals surface area contributed by atoms with Crippen molar-refractivity contribution in [2.45, 2.75) is 44.9 Å². The summed E-state index contributed by atoms with van der Waals surface area (Å²) in [6, 6.07) is 20.3. The highest BCUT2D eigenvalue weighted by Gasteiger charge is 2.41. The molecule has 1 atom stereocenters. The van der Waals surface area contributed by atoms with Crippen molar-refractivity contribution in [3.05, 3.63) is 89.7 Å². The maximum Gasteiger partial charge on any atom is 0.237 e. The van der Waals surface area contributed by atoms with Crippen molar-refractivity contribution < 1.29 is 22.7 Å². The van der Waals surface area contributed by atoms with E-state index >= 15 is 0 Å². The fourth-order valence-electron chi connectivity index (χ4n) is 4.55. The SMILES string of the molecule is CN(CCc1ccccn1)C(=O)CN(C1CC(C)(C)Oc2ccc(OCc3ccccc3)cc21)S(C)(=O)=O. The number of fused-ring (bicyclic) bond motifs is 1. The topological polar surface area (TPSA) is 89.0 Å². The van der Waals surface area contributed by atoms with E-state index in [0.29, 0.717) is 43.1 Å². The van der Waals surface area contributed by atoms with Crippen LogP contribution in [0.15, 0.2) is 72.9 Å². The van der Waals surface area contributed by atoms with Crippen LogP contribution in [-0.4, -0.2) is 60.5 Å². The fraction of sp³-hybridized carbons (Fsp3) is 0.379. The Morgan fingerprint density at radius 2 is 1.84 bits per heavy atom. The molecule has 0 spiro atoms. The van der Waals surface area contributed by atoms with Gasteiger partial charge in [0.2, 0.25) is 15.9 Å². The van der Waals surface area contributed by atoms with Gasteiger partial charge in [0.1, 0.15) is 23.7 Å². The van der Waals surface area contributed by atoms with Crippen molar-refractivity contribution in [3.63, 3.8) is 0 Å².